The van der Waals surface area contributed by atoms with Gasteiger partial charge < -0.3 is 15.5 Å². The summed E-state index contributed by atoms with van der Waals surface area (Å²) in [6.45, 7) is 4.12. The van der Waals surface area contributed by atoms with E-state index in [0.29, 0.717) is 23.5 Å². The Hall–Kier alpha value is -3.42. The molecular formula is C26H31FN6O. The van der Waals surface area contributed by atoms with Gasteiger partial charge in [-0.15, -0.1) is 0 Å². The predicted molar refractivity (Wildman–Crippen MR) is 131 cm³/mol. The Morgan fingerprint density at radius 3 is 2.88 bits per heavy atom. The SMILES string of the molecule is CCCCCn1cc2c(n1)CN(C)C(=O)c1ccc(F)cc1[C@H]1CCCN1c1cc-2cnc1N. The van der Waals surface area contributed by atoms with Gasteiger partial charge in [-0.25, -0.2) is 9.37 Å². The summed E-state index contributed by atoms with van der Waals surface area (Å²) in [5.41, 5.74) is 11.1. The zero-order valence-corrected chi connectivity index (χ0v) is 19.8. The number of halogens is 1. The molecule has 2 aromatic heterocycles. The molecule has 3 aromatic rings. The molecule has 2 N–H and O–H groups in total. The molecule has 34 heavy (non-hydrogen) atoms. The summed E-state index contributed by atoms with van der Waals surface area (Å²) in [7, 11) is 1.78. The number of unbranched alkanes of at least 4 members (excludes halogenated alkanes) is 2. The number of pyridine rings is 1. The van der Waals surface area contributed by atoms with E-state index >= 15 is 0 Å². The fourth-order valence-electron chi connectivity index (χ4n) is 5.18. The lowest BCUT2D eigenvalue weighted by Gasteiger charge is -2.30. The molecule has 4 heterocycles. The van der Waals surface area contributed by atoms with Crippen molar-refractivity contribution in [1.29, 1.82) is 0 Å². The van der Waals surface area contributed by atoms with Gasteiger partial charge in [-0.05, 0) is 49.1 Å². The third kappa shape index (κ3) is 4.02. The Balaban J connectivity index is 1.67. The van der Waals surface area contributed by atoms with Crippen molar-refractivity contribution < 1.29 is 9.18 Å². The second kappa shape index (κ2) is 9.08. The molecule has 1 aromatic carbocycles. The van der Waals surface area contributed by atoms with Crippen LogP contribution in [0.2, 0.25) is 0 Å². The fourth-order valence-corrected chi connectivity index (χ4v) is 5.18. The molecular weight excluding hydrogens is 431 g/mol. The number of carbonyl (C=O) groups excluding carboxylic acids is 1. The van der Waals surface area contributed by atoms with Crippen molar-refractivity contribution in [3.05, 3.63) is 59.3 Å². The van der Waals surface area contributed by atoms with E-state index in [4.69, 9.17) is 10.8 Å². The molecule has 1 amide bonds. The minimum atomic E-state index is -0.346. The van der Waals surface area contributed by atoms with Crippen molar-refractivity contribution in [3.8, 4) is 11.1 Å². The molecule has 8 heteroatoms. The molecule has 0 unspecified atom stereocenters. The van der Waals surface area contributed by atoms with E-state index < -0.39 is 0 Å². The van der Waals surface area contributed by atoms with Crippen LogP contribution in [0.15, 0.2) is 36.7 Å². The van der Waals surface area contributed by atoms with Gasteiger partial charge in [0.2, 0.25) is 0 Å². The van der Waals surface area contributed by atoms with Crippen LogP contribution in [0, 0.1) is 5.82 Å². The van der Waals surface area contributed by atoms with Gasteiger partial charge in [0.15, 0.2) is 0 Å². The van der Waals surface area contributed by atoms with Crippen LogP contribution >= 0.6 is 0 Å². The van der Waals surface area contributed by atoms with Crippen molar-refractivity contribution in [1.82, 2.24) is 19.7 Å². The number of benzene rings is 1. The van der Waals surface area contributed by atoms with Crippen LogP contribution in [0.3, 0.4) is 0 Å². The van der Waals surface area contributed by atoms with E-state index in [0.717, 1.165) is 67.7 Å². The van der Waals surface area contributed by atoms with Gasteiger partial charge in [0.1, 0.15) is 11.6 Å². The summed E-state index contributed by atoms with van der Waals surface area (Å²) in [5, 5.41) is 4.84. The number of rotatable bonds is 4. The Bertz CT molecular complexity index is 1220. The Morgan fingerprint density at radius 1 is 1.21 bits per heavy atom. The highest BCUT2D eigenvalue weighted by Gasteiger charge is 2.33. The molecule has 0 spiro atoms. The molecule has 178 valence electrons. The first-order valence-corrected chi connectivity index (χ1v) is 12.1. The number of amides is 1. The Kier molecular flexibility index (Phi) is 5.98. The minimum absolute atomic E-state index is 0.135. The van der Waals surface area contributed by atoms with E-state index in [-0.39, 0.29) is 17.8 Å². The van der Waals surface area contributed by atoms with Crippen LogP contribution in [0.4, 0.5) is 15.9 Å². The van der Waals surface area contributed by atoms with Crippen LogP contribution in [0.25, 0.3) is 11.1 Å². The molecule has 0 aliphatic carbocycles. The minimum Gasteiger partial charge on any atom is -0.382 e. The average Bonchev–Trinajstić information content (AvgIpc) is 3.46. The zero-order valence-electron chi connectivity index (χ0n) is 19.8. The van der Waals surface area contributed by atoms with Crippen LogP contribution in [0.5, 0.6) is 0 Å². The molecule has 0 radical (unpaired) electrons. The van der Waals surface area contributed by atoms with E-state index in [1.807, 2.05) is 4.68 Å². The van der Waals surface area contributed by atoms with Crippen molar-refractivity contribution in [3.63, 3.8) is 0 Å². The second-order valence-corrected chi connectivity index (χ2v) is 9.33. The highest BCUT2D eigenvalue weighted by molar-refractivity contribution is 5.96. The third-order valence-corrected chi connectivity index (χ3v) is 6.94. The lowest BCUT2D eigenvalue weighted by molar-refractivity contribution is 0.0781. The monoisotopic (exact) mass is 462 g/mol. The second-order valence-electron chi connectivity index (χ2n) is 9.33. The lowest BCUT2D eigenvalue weighted by Crippen LogP contribution is -2.31. The van der Waals surface area contributed by atoms with Crippen molar-refractivity contribution in [2.45, 2.75) is 58.2 Å². The summed E-state index contributed by atoms with van der Waals surface area (Å²) in [6.07, 6.45) is 8.90. The van der Waals surface area contributed by atoms with Crippen LogP contribution in [-0.2, 0) is 13.1 Å². The van der Waals surface area contributed by atoms with E-state index in [1.54, 1.807) is 24.2 Å². The van der Waals surface area contributed by atoms with Crippen LogP contribution < -0.4 is 10.6 Å². The van der Waals surface area contributed by atoms with E-state index in [1.165, 1.54) is 12.1 Å². The van der Waals surface area contributed by atoms with Crippen molar-refractivity contribution >= 4 is 17.4 Å². The first kappa shape index (κ1) is 22.4. The largest absolute Gasteiger partial charge is 0.382 e. The molecule has 2 bridgehead atoms. The number of aromatic nitrogens is 3. The molecule has 1 atom stereocenters. The van der Waals surface area contributed by atoms with E-state index in [9.17, 15) is 9.18 Å². The highest BCUT2D eigenvalue weighted by atomic mass is 19.1. The Morgan fingerprint density at radius 2 is 2.06 bits per heavy atom. The Labute approximate surface area is 199 Å². The quantitative estimate of drug-likeness (QED) is 0.564. The summed E-state index contributed by atoms with van der Waals surface area (Å²) >= 11 is 0. The highest BCUT2D eigenvalue weighted by Crippen LogP contribution is 2.42. The maximum atomic E-state index is 14.4. The number of hydrogen-bond donors (Lipinski definition) is 1. The zero-order chi connectivity index (χ0) is 23.8. The summed E-state index contributed by atoms with van der Waals surface area (Å²) < 4.78 is 16.3. The van der Waals surface area contributed by atoms with Gasteiger partial charge in [-0.2, -0.15) is 5.10 Å². The molecule has 0 saturated carbocycles. The number of fused-ring (bicyclic) bond motifs is 8. The standard InChI is InChI=1S/C26H31FN6O/c1-3-4-5-10-32-15-21-17-12-24(25(28)29-14-17)33-11-6-7-23(33)20-13-18(27)8-9-19(20)26(34)31(2)16-22(21)30-32/h8-9,12-15,23H,3-7,10-11,16H2,1-2H3,(H2,28,29)/t23-/m1/s1. The van der Waals surface area contributed by atoms with Crippen LogP contribution in [-0.4, -0.2) is 39.2 Å². The average molecular weight is 463 g/mol. The van der Waals surface area contributed by atoms with Crippen LogP contribution in [0.1, 0.15) is 66.7 Å². The number of hydrogen-bond acceptors (Lipinski definition) is 5. The predicted octanol–water partition coefficient (Wildman–Crippen LogP) is 4.78. The fraction of sp³-hybridized carbons (Fsp3) is 0.423. The summed E-state index contributed by atoms with van der Waals surface area (Å²) in [6, 6.07) is 6.39. The number of nitrogens with zero attached hydrogens (tertiary/aromatic N) is 5. The van der Waals surface area contributed by atoms with Gasteiger partial charge in [0, 0.05) is 49.2 Å². The molecule has 5 rings (SSSR count). The van der Waals surface area contributed by atoms with Gasteiger partial charge >= 0.3 is 0 Å². The number of nitrogen functional groups attached to an aromatic ring is 1. The van der Waals surface area contributed by atoms with Gasteiger partial charge in [0.05, 0.1) is 24.0 Å². The lowest BCUT2D eigenvalue weighted by atomic mass is 9.96. The molecule has 2 aliphatic rings. The number of anilines is 2. The van der Waals surface area contributed by atoms with E-state index in [2.05, 4.69) is 29.1 Å². The first-order valence-electron chi connectivity index (χ1n) is 12.1. The third-order valence-electron chi connectivity index (χ3n) is 6.94. The normalized spacial score (nSPS) is 17.6. The summed E-state index contributed by atoms with van der Waals surface area (Å²) in [4.78, 5) is 21.9. The molecule has 7 nitrogen and oxygen atoms in total. The number of carbonyl (C=O) groups is 1. The van der Waals surface area contributed by atoms with Crippen molar-refractivity contribution in [2.75, 3.05) is 24.2 Å². The first-order chi connectivity index (χ1) is 16.5. The molecule has 2 aliphatic heterocycles. The molecule has 1 saturated heterocycles. The smallest absolute Gasteiger partial charge is 0.254 e. The number of nitrogens with two attached hydrogens (primary N) is 1. The van der Waals surface area contributed by atoms with Gasteiger partial charge in [0.25, 0.3) is 5.91 Å². The van der Waals surface area contributed by atoms with Gasteiger partial charge in [-0.3, -0.25) is 9.48 Å². The van der Waals surface area contributed by atoms with Gasteiger partial charge in [-0.1, -0.05) is 19.8 Å². The molecule has 1 fully saturated rings. The maximum absolute atomic E-state index is 14.4. The maximum Gasteiger partial charge on any atom is 0.254 e. The van der Waals surface area contributed by atoms with Crippen molar-refractivity contribution in [2.24, 2.45) is 0 Å². The topological polar surface area (TPSA) is 80.3 Å². The summed E-state index contributed by atoms with van der Waals surface area (Å²) in [5.74, 6) is -0.0456. The number of aryl methyl sites for hydroxylation is 1.